The largest absolute Gasteiger partial charge is 0.480 e. The van der Waals surface area contributed by atoms with Crippen LogP contribution >= 0.6 is 0 Å². The second-order valence-corrected chi connectivity index (χ2v) is 3.04. The van der Waals surface area contributed by atoms with E-state index in [1.165, 1.54) is 12.3 Å². The summed E-state index contributed by atoms with van der Waals surface area (Å²) in [7, 11) is 0. The van der Waals surface area contributed by atoms with Gasteiger partial charge in [0.1, 0.15) is 0 Å². The Bertz CT molecular complexity index is 550. The molecule has 0 spiro atoms. The van der Waals surface area contributed by atoms with E-state index < -0.39 is 12.8 Å². The first-order valence-electron chi connectivity index (χ1n) is 4.40. The minimum Gasteiger partial charge on any atom is -0.480 e. The van der Waals surface area contributed by atoms with Crippen LogP contribution in [0.2, 0.25) is 0 Å². The molecule has 0 amide bonds. The number of alkyl halides is 3. The van der Waals surface area contributed by atoms with Crippen LogP contribution in [0.3, 0.4) is 0 Å². The predicted molar refractivity (Wildman–Crippen MR) is 48.7 cm³/mol. The number of nitrogens with zero attached hydrogens (tertiary/aromatic N) is 2. The number of hydrogen-bond acceptors (Lipinski definition) is 5. The highest BCUT2D eigenvalue weighted by Crippen LogP contribution is 2.26. The first-order chi connectivity index (χ1) is 7.99. The smallest absolute Gasteiger partial charge is 0.422 e. The van der Waals surface area contributed by atoms with Crippen LogP contribution in [0.5, 0.6) is 5.75 Å². The van der Waals surface area contributed by atoms with Gasteiger partial charge in [0.15, 0.2) is 12.4 Å². The van der Waals surface area contributed by atoms with E-state index in [2.05, 4.69) is 14.7 Å². The third kappa shape index (κ3) is 2.52. The van der Waals surface area contributed by atoms with Crippen molar-refractivity contribution in [3.8, 4) is 5.75 Å². The lowest BCUT2D eigenvalue weighted by Gasteiger charge is -2.08. The highest BCUT2D eigenvalue weighted by molar-refractivity contribution is 5.80. The molecular formula is C9H5F3N2O3. The van der Waals surface area contributed by atoms with Crippen LogP contribution in [0.1, 0.15) is 10.7 Å². The lowest BCUT2D eigenvalue weighted by atomic mass is 10.4. The van der Waals surface area contributed by atoms with Gasteiger partial charge in [-0.3, -0.25) is 4.79 Å². The molecule has 0 saturated carbocycles. The van der Waals surface area contributed by atoms with E-state index in [1.54, 1.807) is 0 Å². The van der Waals surface area contributed by atoms with E-state index in [0.29, 0.717) is 6.29 Å². The Morgan fingerprint density at radius 1 is 1.47 bits per heavy atom. The standard InChI is InChI=1S/C9H5F3N2O3/c10-9(11,12)4-16-5-1-2-13-8-7(5)17-6(3-15)14-8/h1-3H,4H2. The Morgan fingerprint density at radius 3 is 2.88 bits per heavy atom. The van der Waals surface area contributed by atoms with Crippen molar-refractivity contribution in [2.45, 2.75) is 6.18 Å². The summed E-state index contributed by atoms with van der Waals surface area (Å²) < 4.78 is 45.3. The maximum Gasteiger partial charge on any atom is 0.422 e. The predicted octanol–water partition coefficient (Wildman–Crippen LogP) is 1.98. The van der Waals surface area contributed by atoms with Crippen LogP contribution in [0.15, 0.2) is 16.7 Å². The van der Waals surface area contributed by atoms with Crippen molar-refractivity contribution in [2.24, 2.45) is 0 Å². The maximum absolute atomic E-state index is 12.0. The number of fused-ring (bicyclic) bond motifs is 1. The molecule has 0 aliphatic rings. The number of aldehydes is 1. The van der Waals surface area contributed by atoms with Crippen molar-refractivity contribution in [3.63, 3.8) is 0 Å². The van der Waals surface area contributed by atoms with Gasteiger partial charge in [0.05, 0.1) is 0 Å². The van der Waals surface area contributed by atoms with E-state index >= 15 is 0 Å². The molecular weight excluding hydrogens is 241 g/mol. The molecule has 8 heteroatoms. The Hall–Kier alpha value is -2.12. The van der Waals surface area contributed by atoms with Gasteiger partial charge in [0, 0.05) is 12.3 Å². The van der Waals surface area contributed by atoms with Gasteiger partial charge in [-0.25, -0.2) is 4.98 Å². The summed E-state index contributed by atoms with van der Waals surface area (Å²) in [5.74, 6) is -0.427. The molecule has 0 aromatic carbocycles. The number of aromatic nitrogens is 2. The Balaban J connectivity index is 2.33. The minimum absolute atomic E-state index is 0.0202. The number of oxazole rings is 1. The highest BCUT2D eigenvalue weighted by atomic mass is 19.4. The van der Waals surface area contributed by atoms with Crippen LogP contribution in [0, 0.1) is 0 Å². The van der Waals surface area contributed by atoms with Crippen LogP contribution in [-0.2, 0) is 0 Å². The quantitative estimate of drug-likeness (QED) is 0.774. The van der Waals surface area contributed by atoms with Gasteiger partial charge in [0.2, 0.25) is 17.5 Å². The molecule has 0 aliphatic heterocycles. The molecule has 0 radical (unpaired) electrons. The molecule has 0 bridgehead atoms. The number of carbonyl (C=O) groups is 1. The van der Waals surface area contributed by atoms with Gasteiger partial charge in [-0.05, 0) is 0 Å². The molecule has 2 aromatic rings. The number of carbonyl (C=O) groups excluding carboxylic acids is 1. The second kappa shape index (κ2) is 4.04. The summed E-state index contributed by atoms with van der Waals surface area (Å²) in [6, 6.07) is 1.20. The van der Waals surface area contributed by atoms with E-state index in [9.17, 15) is 18.0 Å². The van der Waals surface area contributed by atoms with Crippen molar-refractivity contribution in [1.82, 2.24) is 9.97 Å². The fourth-order valence-electron chi connectivity index (χ4n) is 1.15. The van der Waals surface area contributed by atoms with Crippen molar-refractivity contribution in [1.29, 1.82) is 0 Å². The van der Waals surface area contributed by atoms with Gasteiger partial charge < -0.3 is 9.15 Å². The summed E-state index contributed by atoms with van der Waals surface area (Å²) in [6.07, 6.45) is -2.91. The zero-order valence-electron chi connectivity index (χ0n) is 8.19. The molecule has 0 aliphatic carbocycles. The topological polar surface area (TPSA) is 65.2 Å². The maximum atomic E-state index is 12.0. The van der Waals surface area contributed by atoms with E-state index in [1.807, 2.05) is 0 Å². The monoisotopic (exact) mass is 246 g/mol. The molecule has 17 heavy (non-hydrogen) atoms. The SMILES string of the molecule is O=Cc1nc2nccc(OCC(F)(F)F)c2o1. The lowest BCUT2D eigenvalue weighted by Crippen LogP contribution is -2.19. The second-order valence-electron chi connectivity index (χ2n) is 3.04. The fraction of sp³-hybridized carbons (Fsp3) is 0.222. The zero-order chi connectivity index (χ0) is 12.5. The van der Waals surface area contributed by atoms with Gasteiger partial charge in [-0.15, -0.1) is 0 Å². The molecule has 0 N–H and O–H groups in total. The van der Waals surface area contributed by atoms with Gasteiger partial charge >= 0.3 is 6.18 Å². The van der Waals surface area contributed by atoms with E-state index in [0.717, 1.165) is 0 Å². The minimum atomic E-state index is -4.46. The molecule has 2 aromatic heterocycles. The van der Waals surface area contributed by atoms with E-state index in [-0.39, 0.29) is 22.9 Å². The number of ether oxygens (including phenoxy) is 1. The molecule has 0 fully saturated rings. The third-order valence-corrected chi connectivity index (χ3v) is 1.76. The summed E-state index contributed by atoms with van der Waals surface area (Å²) in [5.41, 5.74) is -0.0642. The summed E-state index contributed by atoms with van der Waals surface area (Å²) >= 11 is 0. The van der Waals surface area contributed by atoms with Crippen LogP contribution in [0.25, 0.3) is 11.2 Å². The Morgan fingerprint density at radius 2 is 2.24 bits per heavy atom. The van der Waals surface area contributed by atoms with Gasteiger partial charge in [-0.1, -0.05) is 0 Å². The fourth-order valence-corrected chi connectivity index (χ4v) is 1.15. The molecule has 0 unspecified atom stereocenters. The zero-order valence-corrected chi connectivity index (χ0v) is 8.19. The molecule has 5 nitrogen and oxygen atoms in total. The molecule has 2 heterocycles. The average Bonchev–Trinajstić information content (AvgIpc) is 2.68. The summed E-state index contributed by atoms with van der Waals surface area (Å²) in [6.45, 7) is -1.46. The first-order valence-corrected chi connectivity index (χ1v) is 4.40. The van der Waals surface area contributed by atoms with Crippen molar-refractivity contribution in [3.05, 3.63) is 18.2 Å². The number of hydrogen-bond donors (Lipinski definition) is 0. The van der Waals surface area contributed by atoms with Gasteiger partial charge in [-0.2, -0.15) is 18.2 Å². The molecule has 2 rings (SSSR count). The summed E-state index contributed by atoms with van der Waals surface area (Å²) in [5, 5.41) is 0. The van der Waals surface area contributed by atoms with Crippen molar-refractivity contribution in [2.75, 3.05) is 6.61 Å². The molecule has 90 valence electrons. The van der Waals surface area contributed by atoms with E-state index in [4.69, 9.17) is 4.42 Å². The average molecular weight is 246 g/mol. The number of rotatable bonds is 3. The third-order valence-electron chi connectivity index (χ3n) is 1.76. The molecule has 0 atom stereocenters. The first kappa shape index (κ1) is 11.4. The van der Waals surface area contributed by atoms with Crippen LogP contribution in [0.4, 0.5) is 13.2 Å². The lowest BCUT2D eigenvalue weighted by molar-refractivity contribution is -0.153. The van der Waals surface area contributed by atoms with Crippen molar-refractivity contribution >= 4 is 17.5 Å². The Kier molecular flexibility index (Phi) is 2.70. The van der Waals surface area contributed by atoms with Crippen LogP contribution in [-0.4, -0.2) is 29.0 Å². The van der Waals surface area contributed by atoms with Gasteiger partial charge in [0.25, 0.3) is 5.89 Å². The number of pyridine rings is 1. The normalized spacial score (nSPS) is 11.7. The van der Waals surface area contributed by atoms with Crippen molar-refractivity contribution < 1.29 is 27.1 Å². The highest BCUT2D eigenvalue weighted by Gasteiger charge is 2.29. The molecule has 0 saturated heterocycles. The summed E-state index contributed by atoms with van der Waals surface area (Å²) in [4.78, 5) is 17.8. The van der Waals surface area contributed by atoms with Crippen LogP contribution < -0.4 is 4.74 Å². The Labute approximate surface area is 92.2 Å². The number of halogens is 3.